The molecule has 1 aromatic carbocycles. The molecule has 92 valence electrons. The van der Waals surface area contributed by atoms with Crippen molar-refractivity contribution in [1.29, 1.82) is 0 Å². The van der Waals surface area contributed by atoms with Crippen molar-refractivity contribution in [3.63, 3.8) is 0 Å². The van der Waals surface area contributed by atoms with E-state index in [1.807, 2.05) is 32.3 Å². The van der Waals surface area contributed by atoms with Crippen molar-refractivity contribution in [3.8, 4) is 0 Å². The van der Waals surface area contributed by atoms with Crippen LogP contribution < -0.4 is 11.5 Å². The second-order valence-corrected chi connectivity index (χ2v) is 4.27. The van der Waals surface area contributed by atoms with E-state index in [1.165, 1.54) is 11.1 Å². The molecule has 4 N–H and O–H groups in total. The number of nitrogens with two attached hydrogens (primary N) is 2. The van der Waals surface area contributed by atoms with E-state index in [1.54, 1.807) is 11.0 Å². The normalized spacial score (nSPS) is 12.7. The van der Waals surface area contributed by atoms with Gasteiger partial charge in [0.25, 0.3) is 0 Å². The van der Waals surface area contributed by atoms with Crippen molar-refractivity contribution in [3.05, 3.63) is 41.2 Å². The first-order valence-electron chi connectivity index (χ1n) is 5.46. The van der Waals surface area contributed by atoms with Crippen LogP contribution in [0.1, 0.15) is 11.1 Å². The van der Waals surface area contributed by atoms with E-state index < -0.39 is 0 Å². The summed E-state index contributed by atoms with van der Waals surface area (Å²) in [5.41, 5.74) is 14.8. The Morgan fingerprint density at radius 3 is 2.35 bits per heavy atom. The summed E-state index contributed by atoms with van der Waals surface area (Å²) < 4.78 is 0. The lowest BCUT2D eigenvalue weighted by Crippen LogP contribution is -2.21. The van der Waals surface area contributed by atoms with Crippen LogP contribution >= 0.6 is 0 Å². The molecule has 17 heavy (non-hydrogen) atoms. The van der Waals surface area contributed by atoms with Crippen LogP contribution in [-0.4, -0.2) is 24.8 Å². The third kappa shape index (κ3) is 3.83. The molecule has 0 aromatic heterocycles. The van der Waals surface area contributed by atoms with Crippen molar-refractivity contribution in [2.24, 2.45) is 16.5 Å². The van der Waals surface area contributed by atoms with Gasteiger partial charge in [0.1, 0.15) is 11.7 Å². The lowest BCUT2D eigenvalue weighted by molar-refractivity contribution is 0.506. The molecule has 0 aliphatic rings. The van der Waals surface area contributed by atoms with Crippen LogP contribution in [-0.2, 0) is 0 Å². The Morgan fingerprint density at radius 1 is 1.18 bits per heavy atom. The fourth-order valence-electron chi connectivity index (χ4n) is 1.26. The number of rotatable bonds is 3. The van der Waals surface area contributed by atoms with Gasteiger partial charge in [0.15, 0.2) is 0 Å². The summed E-state index contributed by atoms with van der Waals surface area (Å²) in [5, 5.41) is 0. The van der Waals surface area contributed by atoms with E-state index >= 15 is 0 Å². The van der Waals surface area contributed by atoms with E-state index in [0.29, 0.717) is 11.7 Å². The molecular formula is C13H20N4. The summed E-state index contributed by atoms with van der Waals surface area (Å²) in [7, 11) is 3.71. The first-order valence-corrected chi connectivity index (χ1v) is 5.46. The predicted molar refractivity (Wildman–Crippen MR) is 73.2 cm³/mol. The van der Waals surface area contributed by atoms with Gasteiger partial charge < -0.3 is 16.4 Å². The Labute approximate surface area is 103 Å². The minimum Gasteiger partial charge on any atom is -0.385 e. The van der Waals surface area contributed by atoms with Crippen molar-refractivity contribution < 1.29 is 0 Å². The summed E-state index contributed by atoms with van der Waals surface area (Å²) in [6.07, 6.45) is 1.65. The van der Waals surface area contributed by atoms with E-state index in [2.05, 4.69) is 18.8 Å². The molecule has 0 saturated heterocycles. The van der Waals surface area contributed by atoms with E-state index in [-0.39, 0.29) is 0 Å². The standard InChI is InChI=1S/C13H20N4/c1-9-5-6-11(7-10(9)2)16-12(14)8-13(15)17(3)4/h5-8H,15H2,1-4H3,(H2,14,16). The highest BCUT2D eigenvalue weighted by Crippen LogP contribution is 2.17. The van der Waals surface area contributed by atoms with Crippen molar-refractivity contribution in [1.82, 2.24) is 4.90 Å². The third-order valence-corrected chi connectivity index (χ3v) is 2.56. The summed E-state index contributed by atoms with van der Waals surface area (Å²) in [6.45, 7) is 4.12. The number of benzene rings is 1. The molecule has 4 heteroatoms. The lowest BCUT2D eigenvalue weighted by atomic mass is 10.1. The van der Waals surface area contributed by atoms with Crippen LogP contribution in [0.25, 0.3) is 0 Å². The fourth-order valence-corrected chi connectivity index (χ4v) is 1.26. The first-order chi connectivity index (χ1) is 7.90. The summed E-state index contributed by atoms with van der Waals surface area (Å²) in [6, 6.07) is 5.97. The Bertz CT molecular complexity index is 458. The average Bonchev–Trinajstić information content (AvgIpc) is 2.23. The molecule has 0 heterocycles. The monoisotopic (exact) mass is 232 g/mol. The molecule has 0 radical (unpaired) electrons. The van der Waals surface area contributed by atoms with Crippen LogP contribution in [0.3, 0.4) is 0 Å². The number of nitrogens with zero attached hydrogens (tertiary/aromatic N) is 2. The van der Waals surface area contributed by atoms with E-state index in [9.17, 15) is 0 Å². The molecule has 1 rings (SSSR count). The Balaban J connectivity index is 2.95. The maximum Gasteiger partial charge on any atom is 0.127 e. The molecule has 0 spiro atoms. The molecule has 0 atom stereocenters. The molecule has 0 unspecified atom stereocenters. The van der Waals surface area contributed by atoms with Crippen LogP contribution in [0.2, 0.25) is 0 Å². The Kier molecular flexibility index (Phi) is 4.15. The molecule has 0 aliphatic carbocycles. The predicted octanol–water partition coefficient (Wildman–Crippen LogP) is 1.65. The quantitative estimate of drug-likeness (QED) is 0.615. The van der Waals surface area contributed by atoms with Gasteiger partial charge in [-0.15, -0.1) is 0 Å². The zero-order chi connectivity index (χ0) is 13.0. The van der Waals surface area contributed by atoms with Crippen LogP contribution in [0.15, 0.2) is 35.1 Å². The van der Waals surface area contributed by atoms with Gasteiger partial charge in [0.2, 0.25) is 0 Å². The van der Waals surface area contributed by atoms with Gasteiger partial charge in [-0.25, -0.2) is 4.99 Å². The van der Waals surface area contributed by atoms with Crippen molar-refractivity contribution in [2.75, 3.05) is 14.1 Å². The zero-order valence-electron chi connectivity index (χ0n) is 10.9. The Hall–Kier alpha value is -1.97. The summed E-state index contributed by atoms with van der Waals surface area (Å²) in [5.74, 6) is 0.981. The number of aliphatic imine (C=N–C) groups is 1. The van der Waals surface area contributed by atoms with Gasteiger partial charge in [-0.1, -0.05) is 6.07 Å². The number of hydrogen-bond acceptors (Lipinski definition) is 3. The lowest BCUT2D eigenvalue weighted by Gasteiger charge is -2.11. The summed E-state index contributed by atoms with van der Waals surface area (Å²) in [4.78, 5) is 6.08. The molecule has 0 saturated carbocycles. The SMILES string of the molecule is Cc1ccc(N=C(N)C=C(N)N(C)C)cc1C. The van der Waals surface area contributed by atoms with Crippen molar-refractivity contribution >= 4 is 11.5 Å². The average molecular weight is 232 g/mol. The van der Waals surface area contributed by atoms with Gasteiger partial charge in [-0.05, 0) is 37.1 Å². The minimum atomic E-state index is 0.402. The largest absolute Gasteiger partial charge is 0.385 e. The van der Waals surface area contributed by atoms with E-state index in [0.717, 1.165) is 5.69 Å². The maximum absolute atomic E-state index is 5.80. The maximum atomic E-state index is 5.80. The molecule has 1 aromatic rings. The molecule has 0 bridgehead atoms. The summed E-state index contributed by atoms with van der Waals surface area (Å²) >= 11 is 0. The zero-order valence-corrected chi connectivity index (χ0v) is 10.9. The smallest absolute Gasteiger partial charge is 0.127 e. The van der Waals surface area contributed by atoms with Gasteiger partial charge in [-0.3, -0.25) is 0 Å². The number of hydrogen-bond donors (Lipinski definition) is 2. The number of aryl methyl sites for hydroxylation is 2. The van der Waals surface area contributed by atoms with E-state index in [4.69, 9.17) is 11.5 Å². The molecule has 4 nitrogen and oxygen atoms in total. The highest BCUT2D eigenvalue weighted by molar-refractivity contribution is 5.93. The topological polar surface area (TPSA) is 67.6 Å². The first kappa shape index (κ1) is 13.1. The highest BCUT2D eigenvalue weighted by Gasteiger charge is 1.97. The Morgan fingerprint density at radius 2 is 1.82 bits per heavy atom. The van der Waals surface area contributed by atoms with Gasteiger partial charge in [0, 0.05) is 20.2 Å². The molecule has 0 amide bonds. The van der Waals surface area contributed by atoms with Crippen LogP contribution in [0.5, 0.6) is 0 Å². The van der Waals surface area contributed by atoms with Gasteiger partial charge in [0.05, 0.1) is 5.69 Å². The number of amidine groups is 1. The van der Waals surface area contributed by atoms with Gasteiger partial charge in [-0.2, -0.15) is 0 Å². The molecule has 0 fully saturated rings. The third-order valence-electron chi connectivity index (χ3n) is 2.56. The molecular weight excluding hydrogens is 212 g/mol. The highest BCUT2D eigenvalue weighted by atomic mass is 15.1. The van der Waals surface area contributed by atoms with Crippen molar-refractivity contribution in [2.45, 2.75) is 13.8 Å². The van der Waals surface area contributed by atoms with Crippen LogP contribution in [0.4, 0.5) is 5.69 Å². The fraction of sp³-hybridized carbons (Fsp3) is 0.308. The second kappa shape index (κ2) is 5.39. The van der Waals surface area contributed by atoms with Gasteiger partial charge >= 0.3 is 0 Å². The van der Waals surface area contributed by atoms with Crippen LogP contribution in [0, 0.1) is 13.8 Å². The minimum absolute atomic E-state index is 0.402. The molecule has 0 aliphatic heterocycles. The second-order valence-electron chi connectivity index (χ2n) is 4.27.